The van der Waals surface area contributed by atoms with E-state index < -0.39 is 6.09 Å². The molecule has 94 valence electrons. The van der Waals surface area contributed by atoms with Gasteiger partial charge in [0, 0.05) is 31.1 Å². The second kappa shape index (κ2) is 3.86. The lowest BCUT2D eigenvalue weighted by molar-refractivity contribution is 0.147. The zero-order valence-electron chi connectivity index (χ0n) is 9.57. The van der Waals surface area contributed by atoms with Gasteiger partial charge in [0.05, 0.1) is 11.9 Å². The fourth-order valence-corrected chi connectivity index (χ4v) is 2.26. The van der Waals surface area contributed by atoms with E-state index in [9.17, 15) is 9.90 Å². The van der Waals surface area contributed by atoms with Crippen LogP contribution in [0.2, 0.25) is 0 Å². The maximum atomic E-state index is 11.0. The zero-order chi connectivity index (χ0) is 12.7. The van der Waals surface area contributed by atoms with Gasteiger partial charge in [-0.15, -0.1) is 0 Å². The first-order chi connectivity index (χ1) is 8.66. The topological polar surface area (TPSA) is 91.0 Å². The molecule has 0 fully saturated rings. The van der Waals surface area contributed by atoms with Gasteiger partial charge in [0.1, 0.15) is 0 Å². The summed E-state index contributed by atoms with van der Waals surface area (Å²) in [7, 11) is 0. The summed E-state index contributed by atoms with van der Waals surface area (Å²) in [5.74, 6) is 0.0623. The minimum Gasteiger partial charge on any atom is -0.493 e. The van der Waals surface area contributed by atoms with Gasteiger partial charge >= 0.3 is 6.09 Å². The number of hydrogen-bond donors (Lipinski definition) is 2. The third-order valence-electron chi connectivity index (χ3n) is 3.21. The first-order valence-corrected chi connectivity index (χ1v) is 5.69. The number of fused-ring (bicyclic) bond motifs is 2. The van der Waals surface area contributed by atoms with Gasteiger partial charge in [-0.1, -0.05) is 0 Å². The molecule has 0 aromatic carbocycles. The van der Waals surface area contributed by atoms with Crippen molar-refractivity contribution in [2.75, 3.05) is 13.1 Å². The summed E-state index contributed by atoms with van der Waals surface area (Å²) in [5, 5.41) is 23.1. The van der Waals surface area contributed by atoms with Crippen LogP contribution in [0.3, 0.4) is 0 Å². The first-order valence-electron chi connectivity index (χ1n) is 5.69. The minimum absolute atomic E-state index is 0.0623. The molecule has 0 radical (unpaired) electrons. The fourth-order valence-electron chi connectivity index (χ4n) is 2.26. The first kappa shape index (κ1) is 10.8. The predicted molar refractivity (Wildman–Crippen MR) is 61.7 cm³/mol. The molecule has 3 rings (SSSR count). The van der Waals surface area contributed by atoms with E-state index in [1.165, 1.54) is 9.42 Å². The molecule has 2 N–H and O–H groups in total. The third-order valence-corrected chi connectivity index (χ3v) is 3.21. The van der Waals surface area contributed by atoms with E-state index in [4.69, 9.17) is 5.11 Å². The molecule has 0 bridgehead atoms. The Balaban J connectivity index is 2.06. The Bertz CT molecular complexity index is 622. The number of carbonyl (C=O) groups is 1. The van der Waals surface area contributed by atoms with Crippen molar-refractivity contribution < 1.29 is 15.0 Å². The van der Waals surface area contributed by atoms with Crippen LogP contribution in [0.1, 0.15) is 11.3 Å². The lowest BCUT2D eigenvalue weighted by atomic mass is 10.1. The monoisotopic (exact) mass is 248 g/mol. The van der Waals surface area contributed by atoms with Crippen LogP contribution in [-0.2, 0) is 12.8 Å². The summed E-state index contributed by atoms with van der Waals surface area (Å²) in [6, 6.07) is 1.71. The van der Waals surface area contributed by atoms with E-state index in [-0.39, 0.29) is 5.88 Å². The van der Waals surface area contributed by atoms with E-state index >= 15 is 0 Å². The highest BCUT2D eigenvalue weighted by atomic mass is 16.4. The average molecular weight is 248 g/mol. The van der Waals surface area contributed by atoms with Gasteiger partial charge < -0.3 is 15.1 Å². The third kappa shape index (κ3) is 1.55. The molecule has 2 aromatic heterocycles. The van der Waals surface area contributed by atoms with Gasteiger partial charge in [0.15, 0.2) is 5.65 Å². The van der Waals surface area contributed by atoms with Gasteiger partial charge in [0.2, 0.25) is 5.88 Å². The SMILES string of the molecule is O=C(O)N1CCc2nc3ccnn3c(O)c2CC1. The van der Waals surface area contributed by atoms with Crippen molar-refractivity contribution in [3.05, 3.63) is 23.5 Å². The molecule has 18 heavy (non-hydrogen) atoms. The Morgan fingerprint density at radius 3 is 2.89 bits per heavy atom. The normalized spacial score (nSPS) is 15.4. The minimum atomic E-state index is -0.938. The van der Waals surface area contributed by atoms with E-state index in [1.807, 2.05) is 0 Å². The summed E-state index contributed by atoms with van der Waals surface area (Å²) in [6.07, 6.45) is 1.60. The van der Waals surface area contributed by atoms with Gasteiger partial charge in [-0.3, -0.25) is 0 Å². The molecule has 0 atom stereocenters. The van der Waals surface area contributed by atoms with E-state index in [0.717, 1.165) is 5.69 Å². The van der Waals surface area contributed by atoms with Crippen molar-refractivity contribution >= 4 is 11.7 Å². The van der Waals surface area contributed by atoms with Crippen LogP contribution in [0.15, 0.2) is 12.3 Å². The lowest BCUT2D eigenvalue weighted by Crippen LogP contribution is -2.31. The van der Waals surface area contributed by atoms with Crippen molar-refractivity contribution in [3.63, 3.8) is 0 Å². The molecule has 0 aliphatic carbocycles. The Kier molecular flexibility index (Phi) is 2.32. The van der Waals surface area contributed by atoms with Crippen LogP contribution in [-0.4, -0.2) is 48.9 Å². The highest BCUT2D eigenvalue weighted by molar-refractivity contribution is 5.65. The van der Waals surface area contributed by atoms with E-state index in [2.05, 4.69) is 10.1 Å². The van der Waals surface area contributed by atoms with Crippen molar-refractivity contribution in [2.45, 2.75) is 12.8 Å². The Hall–Kier alpha value is -2.31. The highest BCUT2D eigenvalue weighted by Gasteiger charge is 2.22. The zero-order valence-corrected chi connectivity index (χ0v) is 9.57. The number of aromatic hydroxyl groups is 1. The average Bonchev–Trinajstić information content (AvgIpc) is 2.68. The Labute approximate surface area is 102 Å². The van der Waals surface area contributed by atoms with Crippen molar-refractivity contribution in [1.29, 1.82) is 0 Å². The molecule has 1 aliphatic heterocycles. The molecular weight excluding hydrogens is 236 g/mol. The summed E-state index contributed by atoms with van der Waals surface area (Å²) in [6.45, 7) is 0.767. The van der Waals surface area contributed by atoms with Gasteiger partial charge in [-0.2, -0.15) is 9.61 Å². The molecular formula is C11H12N4O3. The fraction of sp³-hybridized carbons (Fsp3) is 0.364. The van der Waals surface area contributed by atoms with Gasteiger partial charge in [-0.25, -0.2) is 9.78 Å². The summed E-state index contributed by atoms with van der Waals surface area (Å²) < 4.78 is 1.37. The van der Waals surface area contributed by atoms with Crippen molar-refractivity contribution in [3.8, 4) is 5.88 Å². The maximum absolute atomic E-state index is 11.0. The van der Waals surface area contributed by atoms with Crippen LogP contribution >= 0.6 is 0 Å². The van der Waals surface area contributed by atoms with Crippen LogP contribution < -0.4 is 0 Å². The standard InChI is InChI=1S/C11H12N4O3/c16-10-7-2-5-14(11(17)18)6-3-8(7)13-9-1-4-12-15(9)10/h1,4,16H,2-3,5-6H2,(H,17,18). The quantitative estimate of drug-likeness (QED) is 0.709. The second-order valence-electron chi connectivity index (χ2n) is 4.23. The number of rotatable bonds is 0. The predicted octanol–water partition coefficient (Wildman–Crippen LogP) is 0.514. The Morgan fingerprint density at radius 1 is 1.33 bits per heavy atom. The van der Waals surface area contributed by atoms with Crippen molar-refractivity contribution in [2.24, 2.45) is 0 Å². The molecule has 7 heteroatoms. The molecule has 0 saturated carbocycles. The maximum Gasteiger partial charge on any atom is 0.407 e. The molecule has 0 saturated heterocycles. The summed E-state index contributed by atoms with van der Waals surface area (Å²) in [4.78, 5) is 16.7. The Morgan fingerprint density at radius 2 is 2.11 bits per heavy atom. The smallest absolute Gasteiger partial charge is 0.407 e. The summed E-state index contributed by atoms with van der Waals surface area (Å²) in [5.41, 5.74) is 2.02. The van der Waals surface area contributed by atoms with Crippen LogP contribution in [0.25, 0.3) is 5.65 Å². The number of nitrogens with zero attached hydrogens (tertiary/aromatic N) is 4. The van der Waals surface area contributed by atoms with Crippen LogP contribution in [0.5, 0.6) is 5.88 Å². The van der Waals surface area contributed by atoms with Crippen LogP contribution in [0, 0.1) is 0 Å². The molecule has 0 unspecified atom stereocenters. The number of hydrogen-bond acceptors (Lipinski definition) is 4. The van der Waals surface area contributed by atoms with Crippen LogP contribution in [0.4, 0.5) is 4.79 Å². The largest absolute Gasteiger partial charge is 0.493 e. The molecule has 2 aromatic rings. The second-order valence-corrected chi connectivity index (χ2v) is 4.23. The van der Waals surface area contributed by atoms with E-state index in [1.54, 1.807) is 12.3 Å². The molecule has 1 amide bonds. The number of aromatic nitrogens is 3. The van der Waals surface area contributed by atoms with E-state index in [0.29, 0.717) is 37.1 Å². The van der Waals surface area contributed by atoms with Gasteiger partial charge in [0.25, 0.3) is 0 Å². The van der Waals surface area contributed by atoms with Crippen molar-refractivity contribution in [1.82, 2.24) is 19.5 Å². The molecule has 3 heterocycles. The van der Waals surface area contributed by atoms with Gasteiger partial charge in [-0.05, 0) is 6.42 Å². The molecule has 0 spiro atoms. The summed E-state index contributed by atoms with van der Waals surface area (Å²) >= 11 is 0. The number of amides is 1. The lowest BCUT2D eigenvalue weighted by Gasteiger charge is -2.14. The highest BCUT2D eigenvalue weighted by Crippen LogP contribution is 2.24. The number of carboxylic acid groups (broad SMARTS) is 1. The molecule has 1 aliphatic rings. The molecule has 7 nitrogen and oxygen atoms in total.